The maximum atomic E-state index is 11.0. The number of thioether (sulfide) groups is 2. The number of thiazole rings is 1. The molecule has 1 aromatic carbocycles. The molecule has 2 aromatic heterocycles. The Hall–Kier alpha value is -1.42. The summed E-state index contributed by atoms with van der Waals surface area (Å²) in [5.74, 6) is 2.06. The Balaban J connectivity index is 1.48. The Morgan fingerprint density at radius 2 is 1.78 bits per heavy atom. The van der Waals surface area contributed by atoms with Gasteiger partial charge in [-0.15, -0.1) is 21.5 Å². The van der Waals surface area contributed by atoms with E-state index in [-0.39, 0.29) is 5.91 Å². The Labute approximate surface area is 175 Å². The molecule has 0 aliphatic rings. The van der Waals surface area contributed by atoms with Gasteiger partial charge in [0.05, 0.1) is 5.69 Å². The van der Waals surface area contributed by atoms with Gasteiger partial charge >= 0.3 is 0 Å². The van der Waals surface area contributed by atoms with Crippen LogP contribution in [0, 0.1) is 0 Å². The minimum atomic E-state index is -0.104. The number of hydrogen-bond donors (Lipinski definition) is 1. The summed E-state index contributed by atoms with van der Waals surface area (Å²) in [6.45, 7) is 5.89. The maximum absolute atomic E-state index is 11.0. The molecular weight excluding hydrogens is 416 g/mol. The molecule has 9 heteroatoms. The highest BCUT2D eigenvalue weighted by Gasteiger charge is 2.09. The molecule has 0 bridgehead atoms. The Morgan fingerprint density at radius 1 is 1.11 bits per heavy atom. The van der Waals surface area contributed by atoms with Gasteiger partial charge in [0.1, 0.15) is 0 Å². The number of nitrogens with one attached hydrogen (secondary N) is 1. The molecule has 27 heavy (non-hydrogen) atoms. The molecule has 0 aliphatic heterocycles. The molecular formula is C18H20N4OS4. The van der Waals surface area contributed by atoms with Gasteiger partial charge in [-0.25, -0.2) is 4.98 Å². The largest absolute Gasteiger partial charge is 0.302 e. The van der Waals surface area contributed by atoms with Gasteiger partial charge in [-0.2, -0.15) is 0 Å². The molecule has 0 spiro atoms. The Morgan fingerprint density at radius 3 is 2.41 bits per heavy atom. The molecule has 0 aliphatic carbocycles. The average molecular weight is 437 g/mol. The summed E-state index contributed by atoms with van der Waals surface area (Å²) in [7, 11) is 0. The van der Waals surface area contributed by atoms with Crippen molar-refractivity contribution in [3.05, 3.63) is 46.5 Å². The smallest absolute Gasteiger partial charge is 0.223 e. The highest BCUT2D eigenvalue weighted by Crippen LogP contribution is 2.32. The molecule has 0 radical (unpaired) electrons. The molecule has 0 fully saturated rings. The molecule has 5 nitrogen and oxygen atoms in total. The number of carbonyl (C=O) groups is 1. The van der Waals surface area contributed by atoms with E-state index in [2.05, 4.69) is 58.6 Å². The van der Waals surface area contributed by atoms with Gasteiger partial charge in [0.25, 0.3) is 0 Å². The van der Waals surface area contributed by atoms with Crippen molar-refractivity contribution >= 4 is 57.2 Å². The van der Waals surface area contributed by atoms with Crippen LogP contribution >= 0.6 is 46.2 Å². The number of anilines is 1. The molecule has 0 saturated carbocycles. The lowest BCUT2D eigenvalue weighted by atomic mass is 10.0. The first-order valence-corrected chi connectivity index (χ1v) is 12.1. The molecule has 0 saturated heterocycles. The van der Waals surface area contributed by atoms with Crippen molar-refractivity contribution in [2.45, 2.75) is 46.9 Å². The highest BCUT2D eigenvalue weighted by molar-refractivity contribution is 8.02. The first-order chi connectivity index (χ1) is 13.0. The molecule has 2 heterocycles. The summed E-state index contributed by atoms with van der Waals surface area (Å²) in [5.41, 5.74) is 3.59. The lowest BCUT2D eigenvalue weighted by Crippen LogP contribution is -2.05. The van der Waals surface area contributed by atoms with Gasteiger partial charge in [0, 0.05) is 23.8 Å². The van der Waals surface area contributed by atoms with Crippen molar-refractivity contribution in [2.75, 3.05) is 5.32 Å². The third-order valence-corrected chi connectivity index (χ3v) is 7.68. The molecule has 142 valence electrons. The summed E-state index contributed by atoms with van der Waals surface area (Å²) < 4.78 is 1.91. The van der Waals surface area contributed by atoms with Gasteiger partial charge in [-0.1, -0.05) is 73.0 Å². The van der Waals surface area contributed by atoms with Crippen LogP contribution < -0.4 is 5.32 Å². The Bertz CT molecular complexity index is 889. The predicted octanol–water partition coefficient (Wildman–Crippen LogP) is 5.66. The molecule has 3 rings (SSSR count). The second kappa shape index (κ2) is 9.68. The summed E-state index contributed by atoms with van der Waals surface area (Å²) in [5, 5.41) is 13.8. The fourth-order valence-corrected chi connectivity index (χ4v) is 5.90. The quantitative estimate of drug-likeness (QED) is 0.460. The van der Waals surface area contributed by atoms with Crippen molar-refractivity contribution in [3.8, 4) is 0 Å². The van der Waals surface area contributed by atoms with Crippen molar-refractivity contribution in [2.24, 2.45) is 0 Å². The van der Waals surface area contributed by atoms with E-state index < -0.39 is 0 Å². The number of rotatable bonds is 8. The second-order valence-corrected chi connectivity index (χ2v) is 10.4. The summed E-state index contributed by atoms with van der Waals surface area (Å²) in [6, 6.07) is 8.78. The normalized spacial score (nSPS) is 11.1. The van der Waals surface area contributed by atoms with E-state index in [0.29, 0.717) is 16.8 Å². The predicted molar refractivity (Wildman–Crippen MR) is 116 cm³/mol. The minimum Gasteiger partial charge on any atom is -0.302 e. The van der Waals surface area contributed by atoms with Gasteiger partial charge in [0.15, 0.2) is 13.8 Å². The number of aromatic nitrogens is 3. The van der Waals surface area contributed by atoms with E-state index in [9.17, 15) is 4.79 Å². The number of carbonyl (C=O) groups excluding carboxylic acids is 1. The van der Waals surface area contributed by atoms with Crippen LogP contribution in [0.2, 0.25) is 0 Å². The number of benzene rings is 1. The molecule has 1 N–H and O–H groups in total. The minimum absolute atomic E-state index is 0.104. The van der Waals surface area contributed by atoms with E-state index in [0.717, 1.165) is 20.1 Å². The summed E-state index contributed by atoms with van der Waals surface area (Å²) in [4.78, 5) is 15.4. The lowest BCUT2D eigenvalue weighted by molar-refractivity contribution is -0.114. The number of nitrogens with zero attached hydrogens (tertiary/aromatic N) is 3. The van der Waals surface area contributed by atoms with Gasteiger partial charge in [-0.3, -0.25) is 4.79 Å². The Kier molecular flexibility index (Phi) is 7.28. The van der Waals surface area contributed by atoms with E-state index in [1.54, 1.807) is 34.9 Å². The van der Waals surface area contributed by atoms with Crippen LogP contribution in [-0.4, -0.2) is 21.1 Å². The zero-order valence-corrected chi connectivity index (χ0v) is 18.5. The molecule has 3 aromatic rings. The summed E-state index contributed by atoms with van der Waals surface area (Å²) >= 11 is 6.37. The van der Waals surface area contributed by atoms with Crippen LogP contribution in [0.5, 0.6) is 0 Å². The van der Waals surface area contributed by atoms with E-state index in [1.165, 1.54) is 29.4 Å². The maximum Gasteiger partial charge on any atom is 0.223 e. The number of hydrogen-bond acceptors (Lipinski definition) is 8. The van der Waals surface area contributed by atoms with Gasteiger partial charge in [0.2, 0.25) is 5.91 Å². The van der Waals surface area contributed by atoms with Crippen LogP contribution in [0.1, 0.15) is 43.5 Å². The van der Waals surface area contributed by atoms with Crippen LogP contribution in [0.3, 0.4) is 0 Å². The van der Waals surface area contributed by atoms with Crippen molar-refractivity contribution in [3.63, 3.8) is 0 Å². The van der Waals surface area contributed by atoms with Crippen LogP contribution in [-0.2, 0) is 16.3 Å². The van der Waals surface area contributed by atoms with Crippen molar-refractivity contribution < 1.29 is 4.79 Å². The first-order valence-electron chi connectivity index (χ1n) is 8.39. The summed E-state index contributed by atoms with van der Waals surface area (Å²) in [6.07, 6.45) is 0. The molecule has 0 unspecified atom stereocenters. The fourth-order valence-electron chi connectivity index (χ4n) is 2.17. The van der Waals surface area contributed by atoms with E-state index in [4.69, 9.17) is 0 Å². The van der Waals surface area contributed by atoms with Gasteiger partial charge < -0.3 is 5.32 Å². The fraction of sp³-hybridized carbons (Fsp3) is 0.333. The van der Waals surface area contributed by atoms with Gasteiger partial charge in [-0.05, 0) is 17.0 Å². The van der Waals surface area contributed by atoms with E-state index in [1.807, 2.05) is 5.38 Å². The molecule has 0 atom stereocenters. The lowest BCUT2D eigenvalue weighted by Gasteiger charge is -2.05. The monoisotopic (exact) mass is 436 g/mol. The van der Waals surface area contributed by atoms with E-state index >= 15 is 0 Å². The zero-order chi connectivity index (χ0) is 19.2. The topological polar surface area (TPSA) is 67.8 Å². The second-order valence-electron chi connectivity index (χ2n) is 6.13. The molecule has 1 amide bonds. The first kappa shape index (κ1) is 20.3. The highest BCUT2D eigenvalue weighted by atomic mass is 32.2. The average Bonchev–Trinajstić information content (AvgIpc) is 3.27. The standard InChI is InChI=1S/C18H20N4OS4/c1-11(2)14-6-4-13(5-7-14)8-25-17-21-22-18(27-17)26-10-15-9-24-16(20-15)19-12(3)23/h4-7,9,11H,8,10H2,1-3H3,(H,19,20,23). The third-order valence-electron chi connectivity index (χ3n) is 3.57. The number of amides is 1. The zero-order valence-electron chi connectivity index (χ0n) is 15.3. The van der Waals surface area contributed by atoms with Crippen molar-refractivity contribution in [1.29, 1.82) is 0 Å². The SMILES string of the molecule is CC(=O)Nc1nc(CSc2nnc(SCc3ccc(C(C)C)cc3)s2)cs1. The van der Waals surface area contributed by atoms with Crippen LogP contribution in [0.15, 0.2) is 38.3 Å². The van der Waals surface area contributed by atoms with Crippen LogP contribution in [0.25, 0.3) is 0 Å². The van der Waals surface area contributed by atoms with Crippen LogP contribution in [0.4, 0.5) is 5.13 Å². The third kappa shape index (κ3) is 6.31. The van der Waals surface area contributed by atoms with Crippen molar-refractivity contribution in [1.82, 2.24) is 15.2 Å².